The molecule has 2 rings (SSSR count). The Morgan fingerprint density at radius 2 is 1.34 bits per heavy atom. The summed E-state index contributed by atoms with van der Waals surface area (Å²) in [7, 11) is 0. The second-order valence-corrected chi connectivity index (χ2v) is 11.3. The van der Waals surface area contributed by atoms with Crippen molar-refractivity contribution in [1.29, 1.82) is 0 Å². The summed E-state index contributed by atoms with van der Waals surface area (Å²) in [5, 5.41) is 7.44. The summed E-state index contributed by atoms with van der Waals surface area (Å²) in [6.07, 6.45) is 20.8. The lowest BCUT2D eigenvalue weighted by atomic mass is 9.80. The molecule has 0 aliphatic heterocycles. The summed E-state index contributed by atoms with van der Waals surface area (Å²) >= 11 is 0. The number of rotatable bonds is 16. The minimum Gasteiger partial charge on any atom is -0.330 e. The molecule has 2 aliphatic rings. The summed E-state index contributed by atoms with van der Waals surface area (Å²) < 4.78 is 0. The second-order valence-electron chi connectivity index (χ2n) is 11.3. The van der Waals surface area contributed by atoms with Crippen molar-refractivity contribution in [3.63, 3.8) is 0 Å². The normalized spacial score (nSPS) is 22.8. The molecular formula is C29H55N3. The summed E-state index contributed by atoms with van der Waals surface area (Å²) in [4.78, 5) is 0. The Balaban J connectivity index is 1.76. The summed E-state index contributed by atoms with van der Waals surface area (Å²) in [6.45, 7) is 13.6. The summed E-state index contributed by atoms with van der Waals surface area (Å²) in [6, 6.07) is 0.659. The van der Waals surface area contributed by atoms with Gasteiger partial charge in [-0.25, -0.2) is 0 Å². The van der Waals surface area contributed by atoms with E-state index < -0.39 is 0 Å². The zero-order valence-corrected chi connectivity index (χ0v) is 21.9. The van der Waals surface area contributed by atoms with E-state index in [2.05, 4.69) is 50.5 Å². The zero-order valence-electron chi connectivity index (χ0n) is 21.9. The first-order valence-corrected chi connectivity index (χ1v) is 14.0. The Morgan fingerprint density at radius 1 is 0.812 bits per heavy atom. The monoisotopic (exact) mass is 445 g/mol. The third-order valence-electron chi connectivity index (χ3n) is 8.13. The van der Waals surface area contributed by atoms with Gasteiger partial charge in [0.1, 0.15) is 0 Å². The van der Waals surface area contributed by atoms with Gasteiger partial charge in [0.2, 0.25) is 0 Å². The molecule has 0 saturated heterocycles. The maximum atomic E-state index is 5.58. The minimum atomic E-state index is 0.659. The minimum absolute atomic E-state index is 0.659. The number of hydrogen-bond acceptors (Lipinski definition) is 3. The van der Waals surface area contributed by atoms with E-state index >= 15 is 0 Å². The molecule has 186 valence electrons. The van der Waals surface area contributed by atoms with Gasteiger partial charge in [0.25, 0.3) is 0 Å². The lowest BCUT2D eigenvalue weighted by Gasteiger charge is -2.27. The molecule has 3 nitrogen and oxygen atoms in total. The van der Waals surface area contributed by atoms with Crippen LogP contribution in [-0.2, 0) is 0 Å². The lowest BCUT2D eigenvalue weighted by molar-refractivity contribution is 0.342. The molecule has 2 aliphatic carbocycles. The van der Waals surface area contributed by atoms with Crippen LogP contribution in [0.1, 0.15) is 105 Å². The Morgan fingerprint density at radius 3 is 1.78 bits per heavy atom. The van der Waals surface area contributed by atoms with Crippen molar-refractivity contribution >= 4 is 0 Å². The van der Waals surface area contributed by atoms with Crippen LogP contribution in [0.2, 0.25) is 0 Å². The third kappa shape index (κ3) is 11.0. The van der Waals surface area contributed by atoms with E-state index in [1.165, 1.54) is 70.6 Å². The highest BCUT2D eigenvalue weighted by Crippen LogP contribution is 2.33. The van der Waals surface area contributed by atoms with Crippen LogP contribution in [0.4, 0.5) is 0 Å². The number of hydrogen-bond donors (Lipinski definition) is 3. The van der Waals surface area contributed by atoms with Crippen LogP contribution in [0.25, 0.3) is 0 Å². The average molecular weight is 446 g/mol. The van der Waals surface area contributed by atoms with Gasteiger partial charge in [0.05, 0.1) is 0 Å². The van der Waals surface area contributed by atoms with Crippen molar-refractivity contribution < 1.29 is 0 Å². The van der Waals surface area contributed by atoms with Crippen molar-refractivity contribution in [3.8, 4) is 0 Å². The summed E-state index contributed by atoms with van der Waals surface area (Å²) in [5.41, 5.74) is 9.04. The van der Waals surface area contributed by atoms with Crippen LogP contribution in [-0.4, -0.2) is 32.2 Å². The van der Waals surface area contributed by atoms with E-state index in [4.69, 9.17) is 5.73 Å². The van der Waals surface area contributed by atoms with Gasteiger partial charge in [-0.2, -0.15) is 0 Å². The molecule has 0 radical (unpaired) electrons. The SMILES string of the molecule is CC(C)C1CC=C(CCC(CCC2=CCC(C(C)C)CC2)NCCCNCCCN)CC1. The predicted molar refractivity (Wildman–Crippen MR) is 142 cm³/mol. The molecule has 4 N–H and O–H groups in total. The van der Waals surface area contributed by atoms with Gasteiger partial charge in [-0.1, -0.05) is 51.0 Å². The highest BCUT2D eigenvalue weighted by molar-refractivity contribution is 5.09. The maximum Gasteiger partial charge on any atom is 0.00731 e. The molecule has 0 bridgehead atoms. The number of allylic oxidation sites excluding steroid dienone is 4. The fraction of sp³-hybridized carbons (Fsp3) is 0.862. The fourth-order valence-electron chi connectivity index (χ4n) is 5.42. The van der Waals surface area contributed by atoms with E-state index in [-0.39, 0.29) is 0 Å². The highest BCUT2D eigenvalue weighted by atomic mass is 14.9. The molecule has 0 aromatic heterocycles. The Bertz CT molecular complexity index is 509. The molecule has 0 aromatic rings. The van der Waals surface area contributed by atoms with Crippen LogP contribution in [0.5, 0.6) is 0 Å². The highest BCUT2D eigenvalue weighted by Gasteiger charge is 2.20. The van der Waals surface area contributed by atoms with Crippen LogP contribution in [0.15, 0.2) is 23.3 Å². The van der Waals surface area contributed by atoms with Crippen molar-refractivity contribution in [3.05, 3.63) is 23.3 Å². The average Bonchev–Trinajstić information content (AvgIpc) is 2.80. The third-order valence-corrected chi connectivity index (χ3v) is 8.13. The molecule has 0 aromatic carbocycles. The molecule has 0 amide bonds. The van der Waals surface area contributed by atoms with Crippen molar-refractivity contribution in [2.24, 2.45) is 29.4 Å². The van der Waals surface area contributed by atoms with Gasteiger partial charge in [-0.05, 0) is 127 Å². The number of nitrogens with one attached hydrogen (secondary N) is 2. The second kappa shape index (κ2) is 16.1. The Kier molecular flexibility index (Phi) is 13.9. The molecular weight excluding hydrogens is 390 g/mol. The molecule has 0 spiro atoms. The molecule has 2 atom stereocenters. The van der Waals surface area contributed by atoms with Crippen molar-refractivity contribution in [2.45, 2.75) is 111 Å². The molecule has 2 unspecified atom stereocenters. The molecule has 0 saturated carbocycles. The standard InChI is InChI=1S/C29H55N3/c1-23(2)27-13-7-25(8-14-27)11-17-29(32-22-6-21-31-20-5-19-30)18-12-26-9-15-28(16-10-26)24(3)4/h7,9,23-24,27-29,31-32H,5-6,8,10-22,30H2,1-4H3. The van der Waals surface area contributed by atoms with Gasteiger partial charge < -0.3 is 16.4 Å². The van der Waals surface area contributed by atoms with Gasteiger partial charge >= 0.3 is 0 Å². The quantitative estimate of drug-likeness (QED) is 0.185. The van der Waals surface area contributed by atoms with Crippen LogP contribution in [0, 0.1) is 23.7 Å². The van der Waals surface area contributed by atoms with Crippen molar-refractivity contribution in [2.75, 3.05) is 26.2 Å². The molecule has 32 heavy (non-hydrogen) atoms. The predicted octanol–water partition coefficient (Wildman–Crippen LogP) is 6.60. The molecule has 3 heteroatoms. The first-order chi connectivity index (χ1) is 15.5. The van der Waals surface area contributed by atoms with Crippen molar-refractivity contribution in [1.82, 2.24) is 10.6 Å². The fourth-order valence-corrected chi connectivity index (χ4v) is 5.42. The first kappa shape index (κ1) is 27.6. The number of nitrogens with two attached hydrogens (primary N) is 1. The van der Waals surface area contributed by atoms with Gasteiger partial charge in [0, 0.05) is 6.04 Å². The largest absolute Gasteiger partial charge is 0.330 e. The van der Waals surface area contributed by atoms with Crippen LogP contribution >= 0.6 is 0 Å². The smallest absolute Gasteiger partial charge is 0.00731 e. The van der Waals surface area contributed by atoms with Crippen LogP contribution < -0.4 is 16.4 Å². The molecule has 0 heterocycles. The van der Waals surface area contributed by atoms with E-state index in [0.717, 1.165) is 56.3 Å². The zero-order chi connectivity index (χ0) is 23.2. The first-order valence-electron chi connectivity index (χ1n) is 14.0. The van der Waals surface area contributed by atoms with Gasteiger partial charge in [0.15, 0.2) is 0 Å². The van der Waals surface area contributed by atoms with E-state index in [0.29, 0.717) is 6.04 Å². The van der Waals surface area contributed by atoms with Gasteiger partial charge in [-0.15, -0.1) is 0 Å². The van der Waals surface area contributed by atoms with Gasteiger partial charge in [-0.3, -0.25) is 0 Å². The molecule has 0 fully saturated rings. The lowest BCUT2D eigenvalue weighted by Crippen LogP contribution is -2.32. The Labute approximate surface area is 200 Å². The topological polar surface area (TPSA) is 50.1 Å². The maximum absolute atomic E-state index is 5.58. The van der Waals surface area contributed by atoms with E-state index in [1.807, 2.05) is 0 Å². The Hall–Kier alpha value is -0.640. The van der Waals surface area contributed by atoms with E-state index in [9.17, 15) is 0 Å². The van der Waals surface area contributed by atoms with E-state index in [1.54, 1.807) is 11.1 Å². The summed E-state index contributed by atoms with van der Waals surface area (Å²) in [5.74, 6) is 3.49. The van der Waals surface area contributed by atoms with Crippen LogP contribution in [0.3, 0.4) is 0 Å².